The van der Waals surface area contributed by atoms with Gasteiger partial charge in [-0.25, -0.2) is 0 Å². The number of hydrogen-bond donors (Lipinski definition) is 1. The summed E-state index contributed by atoms with van der Waals surface area (Å²) >= 11 is 0. The van der Waals surface area contributed by atoms with Gasteiger partial charge >= 0.3 is 0 Å². The van der Waals surface area contributed by atoms with Gasteiger partial charge in [0.05, 0.1) is 0 Å². The van der Waals surface area contributed by atoms with Crippen LogP contribution in [0.15, 0.2) is 0 Å². The normalized spacial score (nSPS) is 30.0. The molecular formula is C10H22N2. The maximum atomic E-state index is 3.42. The summed E-state index contributed by atoms with van der Waals surface area (Å²) in [6, 6.07) is 0.777. The topological polar surface area (TPSA) is 15.3 Å². The molecule has 0 aromatic heterocycles. The first-order chi connectivity index (χ1) is 5.77. The largest absolute Gasteiger partial charge is 0.317 e. The Bertz CT molecular complexity index is 125. The van der Waals surface area contributed by atoms with Gasteiger partial charge < -0.3 is 10.2 Å². The summed E-state index contributed by atoms with van der Waals surface area (Å²) in [7, 11) is 4.31. The fourth-order valence-electron chi connectivity index (χ4n) is 2.16. The van der Waals surface area contributed by atoms with Gasteiger partial charge in [0.25, 0.3) is 0 Å². The zero-order valence-electron chi connectivity index (χ0n) is 8.64. The number of rotatable bonds is 4. The Morgan fingerprint density at radius 1 is 1.42 bits per heavy atom. The molecule has 0 amide bonds. The molecule has 2 unspecified atom stereocenters. The summed E-state index contributed by atoms with van der Waals surface area (Å²) in [5, 5.41) is 3.42. The standard InChI is InChI=1S/C10H22N2/c1-4-12(3)8-9-6-5-7-10(9)11-2/h9-11H,4-8H2,1-3H3. The molecular weight excluding hydrogens is 148 g/mol. The lowest BCUT2D eigenvalue weighted by Crippen LogP contribution is -2.36. The van der Waals surface area contributed by atoms with Crippen molar-refractivity contribution in [3.63, 3.8) is 0 Å². The first kappa shape index (κ1) is 10.0. The SMILES string of the molecule is CCN(C)CC1CCCC1NC. The highest BCUT2D eigenvalue weighted by Crippen LogP contribution is 2.25. The summed E-state index contributed by atoms with van der Waals surface area (Å²) in [6.45, 7) is 4.66. The van der Waals surface area contributed by atoms with E-state index in [1.54, 1.807) is 0 Å². The van der Waals surface area contributed by atoms with Crippen LogP contribution in [-0.4, -0.2) is 38.1 Å². The van der Waals surface area contributed by atoms with Crippen molar-refractivity contribution in [3.05, 3.63) is 0 Å². The average molecular weight is 170 g/mol. The van der Waals surface area contributed by atoms with Crippen molar-refractivity contribution in [2.45, 2.75) is 32.2 Å². The highest BCUT2D eigenvalue weighted by molar-refractivity contribution is 4.83. The van der Waals surface area contributed by atoms with Crippen molar-refractivity contribution in [1.29, 1.82) is 0 Å². The van der Waals surface area contributed by atoms with Crippen molar-refractivity contribution in [1.82, 2.24) is 10.2 Å². The maximum Gasteiger partial charge on any atom is 0.0104 e. The van der Waals surface area contributed by atoms with Crippen LogP contribution in [0.25, 0.3) is 0 Å². The Morgan fingerprint density at radius 2 is 2.17 bits per heavy atom. The lowest BCUT2D eigenvalue weighted by atomic mass is 10.0. The lowest BCUT2D eigenvalue weighted by molar-refractivity contribution is 0.265. The second kappa shape index (κ2) is 4.83. The van der Waals surface area contributed by atoms with Crippen molar-refractivity contribution < 1.29 is 0 Å². The van der Waals surface area contributed by atoms with Crippen molar-refractivity contribution in [3.8, 4) is 0 Å². The van der Waals surface area contributed by atoms with Crippen molar-refractivity contribution >= 4 is 0 Å². The van der Waals surface area contributed by atoms with Crippen LogP contribution in [0.1, 0.15) is 26.2 Å². The van der Waals surface area contributed by atoms with E-state index < -0.39 is 0 Å². The molecule has 1 saturated carbocycles. The molecule has 2 heteroatoms. The quantitative estimate of drug-likeness (QED) is 0.684. The molecule has 0 saturated heterocycles. The molecule has 1 fully saturated rings. The first-order valence-corrected chi connectivity index (χ1v) is 5.13. The van der Waals surface area contributed by atoms with Crippen LogP contribution in [0.5, 0.6) is 0 Å². The molecule has 0 spiro atoms. The molecule has 12 heavy (non-hydrogen) atoms. The van der Waals surface area contributed by atoms with Crippen LogP contribution in [0.3, 0.4) is 0 Å². The van der Waals surface area contributed by atoms with E-state index in [1.807, 2.05) is 0 Å². The molecule has 0 bridgehead atoms. The molecule has 0 heterocycles. The Hall–Kier alpha value is -0.0800. The van der Waals surface area contributed by atoms with Crippen molar-refractivity contribution in [2.24, 2.45) is 5.92 Å². The number of hydrogen-bond acceptors (Lipinski definition) is 2. The molecule has 2 nitrogen and oxygen atoms in total. The minimum absolute atomic E-state index is 0.777. The van der Waals surface area contributed by atoms with Crippen LogP contribution in [0.4, 0.5) is 0 Å². The lowest BCUT2D eigenvalue weighted by Gasteiger charge is -2.24. The summed E-state index contributed by atoms with van der Waals surface area (Å²) < 4.78 is 0. The first-order valence-electron chi connectivity index (χ1n) is 5.13. The second-order valence-corrected chi connectivity index (χ2v) is 3.94. The van der Waals surface area contributed by atoms with Gasteiger partial charge in [0.2, 0.25) is 0 Å². The van der Waals surface area contributed by atoms with Gasteiger partial charge in [-0.15, -0.1) is 0 Å². The summed E-state index contributed by atoms with van der Waals surface area (Å²) in [4.78, 5) is 2.42. The fraction of sp³-hybridized carbons (Fsp3) is 1.00. The van der Waals surface area contributed by atoms with E-state index in [9.17, 15) is 0 Å². The van der Waals surface area contributed by atoms with Gasteiger partial charge in [0.1, 0.15) is 0 Å². The zero-order valence-corrected chi connectivity index (χ0v) is 8.64. The number of nitrogens with zero attached hydrogens (tertiary/aromatic N) is 1. The zero-order chi connectivity index (χ0) is 8.97. The summed E-state index contributed by atoms with van der Waals surface area (Å²) in [6.07, 6.45) is 4.20. The van der Waals surface area contributed by atoms with Crippen LogP contribution < -0.4 is 5.32 Å². The molecule has 1 aliphatic carbocycles. The van der Waals surface area contributed by atoms with Gasteiger partial charge in [-0.05, 0) is 39.4 Å². The van der Waals surface area contributed by atoms with Crippen LogP contribution in [0.2, 0.25) is 0 Å². The highest BCUT2D eigenvalue weighted by atomic mass is 15.1. The van der Waals surface area contributed by atoms with Gasteiger partial charge in [-0.3, -0.25) is 0 Å². The fourth-order valence-corrected chi connectivity index (χ4v) is 2.16. The molecule has 72 valence electrons. The second-order valence-electron chi connectivity index (χ2n) is 3.94. The predicted molar refractivity (Wildman–Crippen MR) is 53.4 cm³/mol. The minimum Gasteiger partial charge on any atom is -0.317 e. The molecule has 2 atom stereocenters. The number of nitrogens with one attached hydrogen (secondary N) is 1. The van der Waals surface area contributed by atoms with Crippen LogP contribution >= 0.6 is 0 Å². The highest BCUT2D eigenvalue weighted by Gasteiger charge is 2.26. The Labute approximate surface area is 76.3 Å². The predicted octanol–water partition coefficient (Wildman–Crippen LogP) is 1.33. The van der Waals surface area contributed by atoms with Gasteiger partial charge in [0.15, 0.2) is 0 Å². The van der Waals surface area contributed by atoms with Crippen LogP contribution in [-0.2, 0) is 0 Å². The molecule has 1 rings (SSSR count). The van der Waals surface area contributed by atoms with E-state index in [0.717, 1.165) is 12.0 Å². The smallest absolute Gasteiger partial charge is 0.0104 e. The molecule has 1 aliphatic rings. The third-order valence-electron chi connectivity index (χ3n) is 3.12. The van der Waals surface area contributed by atoms with E-state index in [4.69, 9.17) is 0 Å². The van der Waals surface area contributed by atoms with Crippen LogP contribution in [0, 0.1) is 5.92 Å². The molecule has 0 aromatic rings. The molecule has 0 aliphatic heterocycles. The Morgan fingerprint density at radius 3 is 2.75 bits per heavy atom. The monoisotopic (exact) mass is 170 g/mol. The van der Waals surface area contributed by atoms with Gasteiger partial charge in [0, 0.05) is 12.6 Å². The molecule has 0 radical (unpaired) electrons. The third kappa shape index (κ3) is 2.46. The van der Waals surface area contributed by atoms with E-state index in [0.29, 0.717) is 0 Å². The van der Waals surface area contributed by atoms with Gasteiger partial charge in [-0.2, -0.15) is 0 Å². The minimum atomic E-state index is 0.777. The van der Waals surface area contributed by atoms with E-state index in [1.165, 1.54) is 32.4 Å². The van der Waals surface area contributed by atoms with Gasteiger partial charge in [-0.1, -0.05) is 13.3 Å². The molecule has 1 N–H and O–H groups in total. The summed E-state index contributed by atoms with van der Waals surface area (Å²) in [5.74, 6) is 0.889. The Balaban J connectivity index is 2.30. The summed E-state index contributed by atoms with van der Waals surface area (Å²) in [5.41, 5.74) is 0. The molecule has 0 aromatic carbocycles. The van der Waals surface area contributed by atoms with Crippen molar-refractivity contribution in [2.75, 3.05) is 27.2 Å². The maximum absolute atomic E-state index is 3.42. The average Bonchev–Trinajstić information content (AvgIpc) is 2.51. The van der Waals surface area contributed by atoms with E-state index >= 15 is 0 Å². The third-order valence-corrected chi connectivity index (χ3v) is 3.12. The Kier molecular flexibility index (Phi) is 4.02. The van der Waals surface area contributed by atoms with E-state index in [2.05, 4.69) is 31.2 Å². The van der Waals surface area contributed by atoms with E-state index in [-0.39, 0.29) is 0 Å².